The number of nitrogens with one attached hydrogen (secondary N) is 1. The van der Waals surface area contributed by atoms with Gasteiger partial charge < -0.3 is 10.2 Å². The Morgan fingerprint density at radius 1 is 1.56 bits per heavy atom. The summed E-state index contributed by atoms with van der Waals surface area (Å²) < 4.78 is 0. The van der Waals surface area contributed by atoms with Crippen LogP contribution >= 0.6 is 11.3 Å². The molecule has 0 radical (unpaired) electrons. The fourth-order valence-corrected chi connectivity index (χ4v) is 2.76. The summed E-state index contributed by atoms with van der Waals surface area (Å²) in [5.41, 5.74) is 1.13. The third-order valence-corrected chi connectivity index (χ3v) is 3.92. The lowest BCUT2D eigenvalue weighted by Crippen LogP contribution is -2.44. The molecule has 0 aliphatic carbocycles. The second-order valence-corrected chi connectivity index (χ2v) is 5.07. The van der Waals surface area contributed by atoms with Crippen LogP contribution in [0.2, 0.25) is 0 Å². The van der Waals surface area contributed by atoms with Crippen molar-refractivity contribution in [1.29, 1.82) is 0 Å². The second kappa shape index (κ2) is 5.46. The number of piperidine rings is 1. The first kappa shape index (κ1) is 11.6. The van der Waals surface area contributed by atoms with Gasteiger partial charge in [-0.25, -0.2) is 0 Å². The largest absolute Gasteiger partial charge is 0.342 e. The number of hydrogen-bond acceptors (Lipinski definition) is 3. The van der Waals surface area contributed by atoms with E-state index in [2.05, 4.69) is 5.32 Å². The summed E-state index contributed by atoms with van der Waals surface area (Å²) in [5.74, 6) is 0.241. The van der Waals surface area contributed by atoms with E-state index in [1.165, 1.54) is 0 Å². The highest BCUT2D eigenvalue weighted by molar-refractivity contribution is 7.07. The molecule has 2 rings (SSSR count). The van der Waals surface area contributed by atoms with Crippen molar-refractivity contribution in [3.05, 3.63) is 22.4 Å². The fraction of sp³-hybridized carbons (Fsp3) is 0.583. The molecule has 1 N–H and O–H groups in total. The topological polar surface area (TPSA) is 32.3 Å². The van der Waals surface area contributed by atoms with Crippen molar-refractivity contribution in [2.75, 3.05) is 20.1 Å². The summed E-state index contributed by atoms with van der Waals surface area (Å²) in [6.07, 6.45) is 2.70. The molecule has 16 heavy (non-hydrogen) atoms. The number of carbonyl (C=O) groups is 1. The summed E-state index contributed by atoms with van der Waals surface area (Å²) in [4.78, 5) is 13.9. The molecule has 1 aliphatic heterocycles. The molecule has 0 spiro atoms. The minimum absolute atomic E-state index is 0.241. The highest BCUT2D eigenvalue weighted by Crippen LogP contribution is 2.13. The Kier molecular flexibility index (Phi) is 3.96. The molecule has 1 amide bonds. The van der Waals surface area contributed by atoms with E-state index in [0.717, 1.165) is 31.5 Å². The summed E-state index contributed by atoms with van der Waals surface area (Å²) in [6, 6.07) is 2.45. The number of rotatable bonds is 3. The van der Waals surface area contributed by atoms with Gasteiger partial charge in [-0.3, -0.25) is 4.79 Å². The summed E-state index contributed by atoms with van der Waals surface area (Å²) in [7, 11) is 1.94. The number of amides is 1. The Bertz CT molecular complexity index is 331. The molecule has 1 saturated heterocycles. The molecule has 1 aromatic rings. The van der Waals surface area contributed by atoms with Crippen molar-refractivity contribution in [1.82, 2.24) is 10.2 Å². The zero-order chi connectivity index (χ0) is 11.4. The Hall–Kier alpha value is -0.870. The van der Waals surface area contributed by atoms with Gasteiger partial charge in [-0.05, 0) is 48.3 Å². The fourth-order valence-electron chi connectivity index (χ4n) is 2.09. The van der Waals surface area contributed by atoms with Crippen molar-refractivity contribution < 1.29 is 4.79 Å². The van der Waals surface area contributed by atoms with E-state index in [4.69, 9.17) is 0 Å². The molecule has 2 heterocycles. The summed E-state index contributed by atoms with van der Waals surface area (Å²) in [6.45, 7) is 2.06. The average molecular weight is 238 g/mol. The van der Waals surface area contributed by atoms with E-state index < -0.39 is 0 Å². The maximum absolute atomic E-state index is 12.0. The highest BCUT2D eigenvalue weighted by Gasteiger charge is 2.21. The van der Waals surface area contributed by atoms with Crippen molar-refractivity contribution in [2.45, 2.75) is 25.3 Å². The van der Waals surface area contributed by atoms with E-state index in [1.807, 2.05) is 28.8 Å². The van der Waals surface area contributed by atoms with Crippen molar-refractivity contribution >= 4 is 17.2 Å². The van der Waals surface area contributed by atoms with E-state index in [-0.39, 0.29) is 5.91 Å². The van der Waals surface area contributed by atoms with Crippen LogP contribution in [0.5, 0.6) is 0 Å². The van der Waals surface area contributed by atoms with Gasteiger partial charge in [0.15, 0.2) is 0 Å². The van der Waals surface area contributed by atoms with Gasteiger partial charge in [-0.2, -0.15) is 11.3 Å². The zero-order valence-electron chi connectivity index (χ0n) is 9.61. The minimum Gasteiger partial charge on any atom is -0.342 e. The standard InChI is InChI=1S/C12H18N2OS/c1-14(11-2-5-13-6-3-11)12(15)8-10-4-7-16-9-10/h4,7,9,11,13H,2-3,5-6,8H2,1H3. The Balaban J connectivity index is 1.88. The van der Waals surface area contributed by atoms with Gasteiger partial charge in [-0.1, -0.05) is 0 Å². The predicted octanol–water partition coefficient (Wildman–Crippen LogP) is 1.50. The van der Waals surface area contributed by atoms with Crippen LogP contribution in [0.25, 0.3) is 0 Å². The Morgan fingerprint density at radius 2 is 2.31 bits per heavy atom. The minimum atomic E-state index is 0.241. The van der Waals surface area contributed by atoms with Crippen molar-refractivity contribution in [3.8, 4) is 0 Å². The SMILES string of the molecule is CN(C(=O)Cc1ccsc1)C1CCNCC1. The average Bonchev–Trinajstić information content (AvgIpc) is 2.82. The molecule has 0 saturated carbocycles. The van der Waals surface area contributed by atoms with Gasteiger partial charge in [0.05, 0.1) is 6.42 Å². The van der Waals surface area contributed by atoms with Gasteiger partial charge in [-0.15, -0.1) is 0 Å². The van der Waals surface area contributed by atoms with Gasteiger partial charge >= 0.3 is 0 Å². The molecule has 1 aromatic heterocycles. The first-order valence-corrected chi connectivity index (χ1v) is 6.69. The third-order valence-electron chi connectivity index (χ3n) is 3.19. The lowest BCUT2D eigenvalue weighted by Gasteiger charge is -2.31. The normalized spacial score (nSPS) is 17.3. The number of carbonyl (C=O) groups excluding carboxylic acids is 1. The molecule has 3 nitrogen and oxygen atoms in total. The molecule has 0 bridgehead atoms. The smallest absolute Gasteiger partial charge is 0.227 e. The number of nitrogens with zero attached hydrogens (tertiary/aromatic N) is 1. The van der Waals surface area contributed by atoms with Gasteiger partial charge in [0.1, 0.15) is 0 Å². The molecule has 1 aliphatic rings. The lowest BCUT2D eigenvalue weighted by molar-refractivity contribution is -0.131. The molecule has 0 unspecified atom stereocenters. The number of likely N-dealkylation sites (N-methyl/N-ethyl adjacent to an activating group) is 1. The lowest BCUT2D eigenvalue weighted by atomic mass is 10.0. The Labute approximate surface area is 100 Å². The highest BCUT2D eigenvalue weighted by atomic mass is 32.1. The van der Waals surface area contributed by atoms with Crippen LogP contribution in [0, 0.1) is 0 Å². The maximum atomic E-state index is 12.0. The van der Waals surface area contributed by atoms with Crippen LogP contribution in [0.15, 0.2) is 16.8 Å². The quantitative estimate of drug-likeness (QED) is 0.865. The monoisotopic (exact) mass is 238 g/mol. The number of hydrogen-bond donors (Lipinski definition) is 1. The zero-order valence-corrected chi connectivity index (χ0v) is 10.4. The molecular weight excluding hydrogens is 220 g/mol. The molecule has 0 atom stereocenters. The van der Waals surface area contributed by atoms with Crippen LogP contribution in [0.3, 0.4) is 0 Å². The Morgan fingerprint density at radius 3 is 2.94 bits per heavy atom. The van der Waals surface area contributed by atoms with Crippen LogP contribution in [0.1, 0.15) is 18.4 Å². The maximum Gasteiger partial charge on any atom is 0.227 e. The summed E-state index contributed by atoms with van der Waals surface area (Å²) in [5, 5.41) is 7.39. The van der Waals surface area contributed by atoms with Gasteiger partial charge in [0.2, 0.25) is 5.91 Å². The summed E-state index contributed by atoms with van der Waals surface area (Å²) >= 11 is 1.65. The van der Waals surface area contributed by atoms with E-state index >= 15 is 0 Å². The molecule has 0 aromatic carbocycles. The molecule has 4 heteroatoms. The van der Waals surface area contributed by atoms with Crippen molar-refractivity contribution in [3.63, 3.8) is 0 Å². The van der Waals surface area contributed by atoms with E-state index in [0.29, 0.717) is 12.5 Å². The number of thiophene rings is 1. The van der Waals surface area contributed by atoms with Gasteiger partial charge in [0.25, 0.3) is 0 Å². The van der Waals surface area contributed by atoms with Crippen LogP contribution in [-0.2, 0) is 11.2 Å². The van der Waals surface area contributed by atoms with Crippen LogP contribution in [0.4, 0.5) is 0 Å². The first-order valence-electron chi connectivity index (χ1n) is 5.75. The van der Waals surface area contributed by atoms with Crippen LogP contribution in [-0.4, -0.2) is 37.0 Å². The molecule has 1 fully saturated rings. The molecular formula is C12H18N2OS. The van der Waals surface area contributed by atoms with Gasteiger partial charge in [0, 0.05) is 13.1 Å². The van der Waals surface area contributed by atoms with E-state index in [9.17, 15) is 4.79 Å². The second-order valence-electron chi connectivity index (χ2n) is 4.29. The predicted molar refractivity (Wildman–Crippen MR) is 66.7 cm³/mol. The first-order chi connectivity index (χ1) is 7.77. The molecule has 88 valence electrons. The van der Waals surface area contributed by atoms with E-state index in [1.54, 1.807) is 11.3 Å². The van der Waals surface area contributed by atoms with Crippen molar-refractivity contribution in [2.24, 2.45) is 0 Å². The van der Waals surface area contributed by atoms with Crippen LogP contribution < -0.4 is 5.32 Å². The third kappa shape index (κ3) is 2.83.